The Kier molecular flexibility index (Phi) is 8.35. The molecular weight excluding hydrogens is 412 g/mol. The van der Waals surface area contributed by atoms with Gasteiger partial charge >= 0.3 is 0 Å². The molecule has 1 fully saturated rings. The molecule has 0 unspecified atom stereocenters. The van der Waals surface area contributed by atoms with Crippen molar-refractivity contribution >= 4 is 23.4 Å². The van der Waals surface area contributed by atoms with Crippen LogP contribution in [-0.2, 0) is 11.4 Å². The van der Waals surface area contributed by atoms with E-state index >= 15 is 0 Å². The van der Waals surface area contributed by atoms with Gasteiger partial charge in [0.1, 0.15) is 12.4 Å². The Labute approximate surface area is 189 Å². The average molecular weight is 443 g/mol. The highest BCUT2D eigenvalue weighted by Crippen LogP contribution is 2.19. The fraction of sp³-hybridized carbons (Fsp3) is 0.440. The van der Waals surface area contributed by atoms with Crippen molar-refractivity contribution in [2.75, 3.05) is 13.1 Å². The zero-order valence-corrected chi connectivity index (χ0v) is 19.0. The molecule has 1 aliphatic rings. The van der Waals surface area contributed by atoms with Crippen LogP contribution in [0.15, 0.2) is 48.5 Å². The summed E-state index contributed by atoms with van der Waals surface area (Å²) in [5, 5.41) is 3.78. The molecule has 0 atom stereocenters. The van der Waals surface area contributed by atoms with E-state index in [4.69, 9.17) is 16.3 Å². The third kappa shape index (κ3) is 6.47. The molecule has 31 heavy (non-hydrogen) atoms. The lowest BCUT2D eigenvalue weighted by molar-refractivity contribution is -0.136. The van der Waals surface area contributed by atoms with Crippen molar-refractivity contribution in [3.05, 3.63) is 64.7 Å². The van der Waals surface area contributed by atoms with Crippen molar-refractivity contribution in [1.29, 1.82) is 0 Å². The molecule has 1 aliphatic heterocycles. The SMILES string of the molecule is CCC(CC)C(=O)N1CCC(NC(=O)c2cccc(OCc3cccc(Cl)c3)c2)CC1. The van der Waals surface area contributed by atoms with Crippen LogP contribution in [0.25, 0.3) is 0 Å². The summed E-state index contributed by atoms with van der Waals surface area (Å²) in [4.78, 5) is 27.2. The van der Waals surface area contributed by atoms with Crippen LogP contribution in [0.3, 0.4) is 0 Å². The van der Waals surface area contributed by atoms with E-state index in [2.05, 4.69) is 19.2 Å². The van der Waals surface area contributed by atoms with E-state index in [9.17, 15) is 9.59 Å². The molecule has 0 aliphatic carbocycles. The van der Waals surface area contributed by atoms with E-state index in [-0.39, 0.29) is 23.8 Å². The van der Waals surface area contributed by atoms with Crippen molar-refractivity contribution in [2.24, 2.45) is 5.92 Å². The maximum Gasteiger partial charge on any atom is 0.251 e. The second-order valence-corrected chi connectivity index (χ2v) is 8.47. The van der Waals surface area contributed by atoms with Gasteiger partial charge in [0.05, 0.1) is 0 Å². The smallest absolute Gasteiger partial charge is 0.251 e. The predicted molar refractivity (Wildman–Crippen MR) is 123 cm³/mol. The van der Waals surface area contributed by atoms with Crippen LogP contribution < -0.4 is 10.1 Å². The predicted octanol–water partition coefficient (Wildman–Crippen LogP) is 5.08. The summed E-state index contributed by atoms with van der Waals surface area (Å²) >= 11 is 6.01. The molecular formula is C25H31ClN2O3. The van der Waals surface area contributed by atoms with Crippen LogP contribution in [0, 0.1) is 5.92 Å². The number of likely N-dealkylation sites (tertiary alicyclic amines) is 1. The summed E-state index contributed by atoms with van der Waals surface area (Å²) in [5.41, 5.74) is 1.54. The van der Waals surface area contributed by atoms with Gasteiger partial charge in [-0.25, -0.2) is 0 Å². The molecule has 6 heteroatoms. The number of hydrogen-bond acceptors (Lipinski definition) is 3. The molecule has 1 saturated heterocycles. The zero-order valence-electron chi connectivity index (χ0n) is 18.3. The molecule has 5 nitrogen and oxygen atoms in total. The summed E-state index contributed by atoms with van der Waals surface area (Å²) in [6.45, 7) is 5.90. The Hall–Kier alpha value is -2.53. The highest BCUT2D eigenvalue weighted by molar-refractivity contribution is 6.30. The summed E-state index contributed by atoms with van der Waals surface area (Å²) in [6.07, 6.45) is 3.31. The lowest BCUT2D eigenvalue weighted by atomic mass is 9.98. The van der Waals surface area contributed by atoms with E-state index in [1.165, 1.54) is 0 Å². The quantitative estimate of drug-likeness (QED) is 0.620. The molecule has 2 amide bonds. The molecule has 0 saturated carbocycles. The van der Waals surface area contributed by atoms with E-state index < -0.39 is 0 Å². The lowest BCUT2D eigenvalue weighted by Crippen LogP contribution is -2.48. The first-order valence-corrected chi connectivity index (χ1v) is 11.4. The number of nitrogens with one attached hydrogen (secondary N) is 1. The van der Waals surface area contributed by atoms with Gasteiger partial charge in [-0.1, -0.05) is 43.6 Å². The molecule has 2 aromatic carbocycles. The molecule has 0 bridgehead atoms. The number of nitrogens with zero attached hydrogens (tertiary/aromatic N) is 1. The molecule has 1 heterocycles. The molecule has 0 radical (unpaired) electrons. The number of halogens is 1. The maximum atomic E-state index is 12.7. The van der Waals surface area contributed by atoms with Gasteiger partial charge in [-0.3, -0.25) is 9.59 Å². The third-order valence-electron chi connectivity index (χ3n) is 5.87. The summed E-state index contributed by atoms with van der Waals surface area (Å²) in [5.74, 6) is 0.885. The Morgan fingerprint density at radius 1 is 1.10 bits per heavy atom. The number of carbonyl (C=O) groups excluding carboxylic acids is 2. The fourth-order valence-electron chi connectivity index (χ4n) is 3.93. The summed E-state index contributed by atoms with van der Waals surface area (Å²) in [7, 11) is 0. The van der Waals surface area contributed by atoms with Crippen molar-refractivity contribution < 1.29 is 14.3 Å². The normalized spacial score (nSPS) is 14.5. The van der Waals surface area contributed by atoms with Gasteiger partial charge in [0.2, 0.25) is 5.91 Å². The van der Waals surface area contributed by atoms with E-state index in [1.54, 1.807) is 12.1 Å². The molecule has 2 aromatic rings. The Morgan fingerprint density at radius 3 is 2.48 bits per heavy atom. The third-order valence-corrected chi connectivity index (χ3v) is 6.10. The second kappa shape index (κ2) is 11.2. The van der Waals surface area contributed by atoms with Crippen LogP contribution in [0.4, 0.5) is 0 Å². The van der Waals surface area contributed by atoms with Crippen molar-refractivity contribution in [1.82, 2.24) is 10.2 Å². The van der Waals surface area contributed by atoms with Gasteiger partial charge in [0.25, 0.3) is 5.91 Å². The highest BCUT2D eigenvalue weighted by atomic mass is 35.5. The minimum Gasteiger partial charge on any atom is -0.489 e. The molecule has 3 rings (SSSR count). The van der Waals surface area contributed by atoms with E-state index in [0.717, 1.165) is 31.2 Å². The minimum absolute atomic E-state index is 0.0780. The van der Waals surface area contributed by atoms with E-state index in [0.29, 0.717) is 36.0 Å². The number of rotatable bonds is 8. The van der Waals surface area contributed by atoms with Gasteiger partial charge in [-0.2, -0.15) is 0 Å². The molecule has 166 valence electrons. The van der Waals surface area contributed by atoms with Gasteiger partial charge in [-0.15, -0.1) is 0 Å². The minimum atomic E-state index is -0.113. The zero-order chi connectivity index (χ0) is 22.2. The first-order valence-electron chi connectivity index (χ1n) is 11.1. The standard InChI is InChI=1S/C25H31ClN2O3/c1-3-19(4-2)25(30)28-13-11-22(12-14-28)27-24(29)20-8-6-10-23(16-20)31-17-18-7-5-9-21(26)15-18/h5-10,15-16,19,22H,3-4,11-14,17H2,1-2H3,(H,27,29). The monoisotopic (exact) mass is 442 g/mol. The van der Waals surface area contributed by atoms with Crippen molar-refractivity contribution in [3.8, 4) is 5.75 Å². The van der Waals surface area contributed by atoms with Crippen LogP contribution >= 0.6 is 11.6 Å². The van der Waals surface area contributed by atoms with Crippen LogP contribution in [0.1, 0.15) is 55.5 Å². The Balaban J connectivity index is 1.51. The van der Waals surface area contributed by atoms with Crippen LogP contribution in [0.5, 0.6) is 5.75 Å². The summed E-state index contributed by atoms with van der Waals surface area (Å²) in [6, 6.07) is 14.8. The Morgan fingerprint density at radius 2 is 1.81 bits per heavy atom. The topological polar surface area (TPSA) is 58.6 Å². The second-order valence-electron chi connectivity index (χ2n) is 8.03. The van der Waals surface area contributed by atoms with Gasteiger partial charge in [0.15, 0.2) is 0 Å². The van der Waals surface area contributed by atoms with Gasteiger partial charge in [0, 0.05) is 35.6 Å². The molecule has 0 aromatic heterocycles. The highest BCUT2D eigenvalue weighted by Gasteiger charge is 2.27. The largest absolute Gasteiger partial charge is 0.489 e. The van der Waals surface area contributed by atoms with Crippen molar-refractivity contribution in [2.45, 2.75) is 52.2 Å². The first kappa shape index (κ1) is 23.1. The summed E-state index contributed by atoms with van der Waals surface area (Å²) < 4.78 is 5.83. The average Bonchev–Trinajstić information content (AvgIpc) is 2.79. The number of benzene rings is 2. The first-order chi connectivity index (χ1) is 15.0. The van der Waals surface area contributed by atoms with Crippen LogP contribution in [0.2, 0.25) is 5.02 Å². The number of ether oxygens (including phenoxy) is 1. The maximum absolute atomic E-state index is 12.7. The van der Waals surface area contributed by atoms with Gasteiger partial charge in [-0.05, 0) is 61.6 Å². The fourth-order valence-corrected chi connectivity index (χ4v) is 4.14. The number of piperidine rings is 1. The molecule has 1 N–H and O–H groups in total. The number of amides is 2. The lowest BCUT2D eigenvalue weighted by Gasteiger charge is -2.34. The van der Waals surface area contributed by atoms with Crippen molar-refractivity contribution in [3.63, 3.8) is 0 Å². The Bertz CT molecular complexity index is 890. The van der Waals surface area contributed by atoms with Gasteiger partial charge < -0.3 is 15.0 Å². The number of hydrogen-bond donors (Lipinski definition) is 1. The van der Waals surface area contributed by atoms with Crippen LogP contribution in [-0.4, -0.2) is 35.8 Å². The molecule has 0 spiro atoms. The van der Waals surface area contributed by atoms with E-state index in [1.807, 2.05) is 41.3 Å². The number of carbonyl (C=O) groups is 2.